The summed E-state index contributed by atoms with van der Waals surface area (Å²) in [5.74, 6) is 0.662. The summed E-state index contributed by atoms with van der Waals surface area (Å²) >= 11 is 0. The largest absolute Gasteiger partial charge is 0.332 e. The third-order valence-electron chi connectivity index (χ3n) is 3.77. The lowest BCUT2D eigenvalue weighted by atomic mass is 10.1. The number of imidazole rings is 1. The first-order chi connectivity index (χ1) is 11.4. The molecule has 0 aromatic carbocycles. The van der Waals surface area contributed by atoms with Gasteiger partial charge in [-0.2, -0.15) is 5.10 Å². The lowest BCUT2D eigenvalue weighted by Crippen LogP contribution is -2.32. The summed E-state index contributed by atoms with van der Waals surface area (Å²) in [6.45, 7) is 8.43. The summed E-state index contributed by atoms with van der Waals surface area (Å²) in [6.07, 6.45) is 3.62. The molecule has 3 aromatic heterocycles. The Morgan fingerprint density at radius 1 is 1.25 bits per heavy atom. The molecule has 3 aromatic rings. The average molecular weight is 326 g/mol. The number of urea groups is 1. The Morgan fingerprint density at radius 2 is 2.04 bits per heavy atom. The van der Waals surface area contributed by atoms with E-state index in [1.807, 2.05) is 56.5 Å². The van der Waals surface area contributed by atoms with Gasteiger partial charge in [-0.25, -0.2) is 14.5 Å². The lowest BCUT2D eigenvalue weighted by molar-refractivity contribution is 0.251. The zero-order valence-corrected chi connectivity index (χ0v) is 14.4. The first-order valence-electron chi connectivity index (χ1n) is 7.88. The number of carbonyl (C=O) groups excluding carboxylic acids is 1. The summed E-state index contributed by atoms with van der Waals surface area (Å²) in [7, 11) is 0. The molecule has 0 saturated heterocycles. The maximum Gasteiger partial charge on any atom is 0.320 e. The summed E-state index contributed by atoms with van der Waals surface area (Å²) in [4.78, 5) is 16.7. The van der Waals surface area contributed by atoms with Crippen molar-refractivity contribution in [3.05, 3.63) is 48.0 Å². The van der Waals surface area contributed by atoms with Crippen LogP contribution in [0.3, 0.4) is 0 Å². The van der Waals surface area contributed by atoms with Gasteiger partial charge in [0, 0.05) is 12.3 Å². The molecule has 2 N–H and O–H groups in total. The molecular weight excluding hydrogens is 304 g/mol. The van der Waals surface area contributed by atoms with E-state index in [1.54, 1.807) is 16.9 Å². The number of nitrogens with zero attached hydrogens (tertiary/aromatic N) is 4. The highest BCUT2D eigenvalue weighted by molar-refractivity contribution is 5.88. The minimum atomic E-state index is -0.272. The fourth-order valence-corrected chi connectivity index (χ4v) is 2.63. The number of pyridine rings is 1. The molecule has 0 fully saturated rings. The molecule has 0 aliphatic heterocycles. The van der Waals surface area contributed by atoms with E-state index in [1.165, 1.54) is 0 Å². The van der Waals surface area contributed by atoms with Gasteiger partial charge in [0.05, 0.1) is 29.7 Å². The van der Waals surface area contributed by atoms with Gasteiger partial charge in [0.15, 0.2) is 0 Å². The molecule has 0 unspecified atom stereocenters. The molecule has 0 aliphatic carbocycles. The standard InChI is InChI=1S/C17H22N6O/c1-12-13(22-10-6-5-7-14(22)20-12)11-18-16(24)21-15-8-9-19-23(15)17(2,3)4/h5-10H,11H2,1-4H3,(H2,18,21,24). The molecule has 2 amide bonds. The van der Waals surface area contributed by atoms with Crippen LogP contribution in [0.2, 0.25) is 0 Å². The number of rotatable bonds is 3. The van der Waals surface area contributed by atoms with Crippen LogP contribution in [0.4, 0.5) is 10.6 Å². The molecule has 3 rings (SSSR count). The van der Waals surface area contributed by atoms with Crippen molar-refractivity contribution in [2.24, 2.45) is 0 Å². The molecule has 24 heavy (non-hydrogen) atoms. The minimum Gasteiger partial charge on any atom is -0.332 e. The predicted molar refractivity (Wildman–Crippen MR) is 93.0 cm³/mol. The molecule has 0 aliphatic rings. The van der Waals surface area contributed by atoms with E-state index in [9.17, 15) is 4.79 Å². The van der Waals surface area contributed by atoms with Gasteiger partial charge in [-0.05, 0) is 39.8 Å². The van der Waals surface area contributed by atoms with Gasteiger partial charge in [0.25, 0.3) is 0 Å². The van der Waals surface area contributed by atoms with E-state index < -0.39 is 0 Å². The highest BCUT2D eigenvalue weighted by Crippen LogP contribution is 2.19. The van der Waals surface area contributed by atoms with Gasteiger partial charge >= 0.3 is 6.03 Å². The normalized spacial score (nSPS) is 11.7. The van der Waals surface area contributed by atoms with Crippen LogP contribution in [0.25, 0.3) is 5.65 Å². The number of fused-ring (bicyclic) bond motifs is 1. The van der Waals surface area contributed by atoms with Gasteiger partial charge < -0.3 is 9.72 Å². The third-order valence-corrected chi connectivity index (χ3v) is 3.77. The van der Waals surface area contributed by atoms with Crippen molar-refractivity contribution in [3.8, 4) is 0 Å². The van der Waals surface area contributed by atoms with Gasteiger partial charge in [0.1, 0.15) is 11.5 Å². The number of aromatic nitrogens is 4. The molecular formula is C17H22N6O. The number of aryl methyl sites for hydroxylation is 1. The maximum absolute atomic E-state index is 12.2. The van der Waals surface area contributed by atoms with Crippen LogP contribution >= 0.6 is 0 Å². The van der Waals surface area contributed by atoms with Crippen LogP contribution < -0.4 is 10.6 Å². The molecule has 7 heteroatoms. The number of hydrogen-bond acceptors (Lipinski definition) is 3. The number of carbonyl (C=O) groups is 1. The summed E-state index contributed by atoms with van der Waals surface area (Å²) < 4.78 is 3.76. The SMILES string of the molecule is Cc1nc2ccccn2c1CNC(=O)Nc1ccnn1C(C)(C)C. The zero-order valence-electron chi connectivity index (χ0n) is 14.4. The Morgan fingerprint density at radius 3 is 2.79 bits per heavy atom. The van der Waals surface area contributed by atoms with E-state index in [0.717, 1.165) is 17.0 Å². The van der Waals surface area contributed by atoms with Crippen LogP contribution in [-0.4, -0.2) is 25.2 Å². The molecule has 0 spiro atoms. The molecule has 7 nitrogen and oxygen atoms in total. The molecule has 3 heterocycles. The van der Waals surface area contributed by atoms with Crippen LogP contribution in [-0.2, 0) is 12.1 Å². The van der Waals surface area contributed by atoms with Crippen LogP contribution in [0.15, 0.2) is 36.7 Å². The average Bonchev–Trinajstić information content (AvgIpc) is 3.08. The van der Waals surface area contributed by atoms with Crippen molar-refractivity contribution in [2.45, 2.75) is 39.8 Å². The van der Waals surface area contributed by atoms with Crippen LogP contribution in [0.5, 0.6) is 0 Å². The highest BCUT2D eigenvalue weighted by Gasteiger charge is 2.18. The van der Waals surface area contributed by atoms with Crippen LogP contribution in [0.1, 0.15) is 32.2 Å². The number of anilines is 1. The molecule has 0 atom stereocenters. The van der Waals surface area contributed by atoms with Gasteiger partial charge in [-0.3, -0.25) is 5.32 Å². The van der Waals surface area contributed by atoms with E-state index in [2.05, 4.69) is 20.7 Å². The van der Waals surface area contributed by atoms with Gasteiger partial charge in [-0.1, -0.05) is 6.07 Å². The predicted octanol–water partition coefficient (Wildman–Crippen LogP) is 2.92. The Bertz CT molecular complexity index is 871. The Kier molecular flexibility index (Phi) is 4.01. The second-order valence-electron chi connectivity index (χ2n) is 6.68. The molecule has 0 bridgehead atoms. The Balaban J connectivity index is 1.70. The van der Waals surface area contributed by atoms with Crippen molar-refractivity contribution in [3.63, 3.8) is 0 Å². The van der Waals surface area contributed by atoms with E-state index in [0.29, 0.717) is 12.4 Å². The van der Waals surface area contributed by atoms with Gasteiger partial charge in [-0.15, -0.1) is 0 Å². The summed E-state index contributed by atoms with van der Waals surface area (Å²) in [6, 6.07) is 7.34. The fourth-order valence-electron chi connectivity index (χ4n) is 2.63. The molecule has 126 valence electrons. The minimum absolute atomic E-state index is 0.204. The third kappa shape index (κ3) is 3.10. The van der Waals surface area contributed by atoms with E-state index >= 15 is 0 Å². The quantitative estimate of drug-likeness (QED) is 0.777. The van der Waals surface area contributed by atoms with Crippen molar-refractivity contribution in [1.82, 2.24) is 24.5 Å². The highest BCUT2D eigenvalue weighted by atomic mass is 16.2. The van der Waals surface area contributed by atoms with E-state index in [-0.39, 0.29) is 11.6 Å². The topological polar surface area (TPSA) is 76.2 Å². The smallest absolute Gasteiger partial charge is 0.320 e. The van der Waals surface area contributed by atoms with Crippen molar-refractivity contribution in [2.75, 3.05) is 5.32 Å². The Labute approximate surface area is 140 Å². The van der Waals surface area contributed by atoms with Gasteiger partial charge in [0.2, 0.25) is 0 Å². The number of hydrogen-bond donors (Lipinski definition) is 2. The lowest BCUT2D eigenvalue weighted by Gasteiger charge is -2.22. The summed E-state index contributed by atoms with van der Waals surface area (Å²) in [5, 5.41) is 10.00. The second-order valence-corrected chi connectivity index (χ2v) is 6.68. The molecule has 0 saturated carbocycles. The van der Waals surface area contributed by atoms with Crippen LogP contribution in [0, 0.1) is 6.92 Å². The fraction of sp³-hybridized carbons (Fsp3) is 0.353. The molecule has 0 radical (unpaired) electrons. The number of amides is 2. The summed E-state index contributed by atoms with van der Waals surface area (Å²) in [5.41, 5.74) is 2.54. The zero-order chi connectivity index (χ0) is 17.3. The van der Waals surface area contributed by atoms with Crippen molar-refractivity contribution in [1.29, 1.82) is 0 Å². The Hall–Kier alpha value is -2.83. The van der Waals surface area contributed by atoms with E-state index in [4.69, 9.17) is 0 Å². The first kappa shape index (κ1) is 16.0. The maximum atomic E-state index is 12.2. The first-order valence-corrected chi connectivity index (χ1v) is 7.88. The van der Waals surface area contributed by atoms with Crippen molar-refractivity contribution >= 4 is 17.5 Å². The monoisotopic (exact) mass is 326 g/mol. The number of nitrogens with one attached hydrogen (secondary N) is 2. The van der Waals surface area contributed by atoms with Crippen molar-refractivity contribution < 1.29 is 4.79 Å². The second kappa shape index (κ2) is 5.99.